The zero-order valence-electron chi connectivity index (χ0n) is 10.4. The van der Waals surface area contributed by atoms with Crippen molar-refractivity contribution in [1.29, 1.82) is 5.26 Å². The Hall–Kier alpha value is -0.650. The maximum absolute atomic E-state index is 9.40. The van der Waals surface area contributed by atoms with Gasteiger partial charge in [-0.3, -0.25) is 0 Å². The second-order valence-corrected chi connectivity index (χ2v) is 6.53. The fourth-order valence-corrected chi connectivity index (χ4v) is 3.95. The lowest BCUT2D eigenvalue weighted by Gasteiger charge is -2.19. The van der Waals surface area contributed by atoms with Crippen LogP contribution in [0.3, 0.4) is 0 Å². The van der Waals surface area contributed by atoms with Crippen molar-refractivity contribution >= 4 is 23.4 Å². The summed E-state index contributed by atoms with van der Waals surface area (Å²) >= 11 is 7.66. The monoisotopic (exact) mass is 279 g/mol. The Bertz CT molecular complexity index is 419. The van der Waals surface area contributed by atoms with Gasteiger partial charge in [0.2, 0.25) is 0 Å². The summed E-state index contributed by atoms with van der Waals surface area (Å²) in [5.41, 5.74) is 0. The van der Waals surface area contributed by atoms with Crippen LogP contribution in [0.5, 0.6) is 0 Å². The average Bonchev–Trinajstić information content (AvgIpc) is 2.65. The van der Waals surface area contributed by atoms with Gasteiger partial charge in [0.15, 0.2) is 0 Å². The van der Waals surface area contributed by atoms with E-state index in [-0.39, 0.29) is 5.25 Å². The number of thioether (sulfide) groups is 1. The largest absolute Gasteiger partial charge is 0.197 e. The molecule has 0 aromatic heterocycles. The predicted molar refractivity (Wildman–Crippen MR) is 77.9 cm³/mol. The van der Waals surface area contributed by atoms with E-state index >= 15 is 0 Å². The summed E-state index contributed by atoms with van der Waals surface area (Å²) in [4.78, 5) is 1.11. The Morgan fingerprint density at radius 2 is 1.94 bits per heavy atom. The van der Waals surface area contributed by atoms with Gasteiger partial charge >= 0.3 is 0 Å². The quantitative estimate of drug-likeness (QED) is 0.554. The van der Waals surface area contributed by atoms with Gasteiger partial charge in [-0.2, -0.15) is 5.26 Å². The Morgan fingerprint density at radius 3 is 2.56 bits per heavy atom. The molecule has 0 amide bonds. The van der Waals surface area contributed by atoms with E-state index in [0.717, 1.165) is 9.92 Å². The number of hydrogen-bond donors (Lipinski definition) is 0. The molecule has 3 heteroatoms. The van der Waals surface area contributed by atoms with Gasteiger partial charge in [0.1, 0.15) is 0 Å². The third kappa shape index (κ3) is 3.93. The minimum Gasteiger partial charge on any atom is -0.197 e. The summed E-state index contributed by atoms with van der Waals surface area (Å²) in [7, 11) is 0. The van der Waals surface area contributed by atoms with Gasteiger partial charge in [0, 0.05) is 9.92 Å². The lowest BCUT2D eigenvalue weighted by atomic mass is 9.97. The Morgan fingerprint density at radius 1 is 1.22 bits per heavy atom. The highest BCUT2D eigenvalue weighted by molar-refractivity contribution is 8.00. The van der Waals surface area contributed by atoms with Crippen LogP contribution < -0.4 is 0 Å². The van der Waals surface area contributed by atoms with Crippen molar-refractivity contribution in [3.05, 3.63) is 29.3 Å². The molecule has 1 unspecified atom stereocenters. The van der Waals surface area contributed by atoms with Crippen LogP contribution in [0, 0.1) is 17.2 Å². The van der Waals surface area contributed by atoms with Gasteiger partial charge < -0.3 is 0 Å². The van der Waals surface area contributed by atoms with Crippen LogP contribution in [0.1, 0.15) is 38.5 Å². The Kier molecular flexibility index (Phi) is 5.41. The number of halogens is 1. The zero-order chi connectivity index (χ0) is 12.8. The van der Waals surface area contributed by atoms with Crippen LogP contribution in [0.2, 0.25) is 5.02 Å². The number of hydrogen-bond acceptors (Lipinski definition) is 2. The van der Waals surface area contributed by atoms with E-state index < -0.39 is 0 Å². The minimum absolute atomic E-state index is 0.0709. The third-order valence-electron chi connectivity index (χ3n) is 3.51. The molecule has 1 aliphatic carbocycles. The van der Waals surface area contributed by atoms with E-state index in [1.807, 2.05) is 24.3 Å². The van der Waals surface area contributed by atoms with Gasteiger partial charge in [-0.1, -0.05) is 43.4 Å². The van der Waals surface area contributed by atoms with E-state index in [1.54, 1.807) is 11.8 Å². The van der Waals surface area contributed by atoms with Crippen molar-refractivity contribution in [2.75, 3.05) is 0 Å². The molecular formula is C15H18ClNS. The topological polar surface area (TPSA) is 23.8 Å². The summed E-state index contributed by atoms with van der Waals surface area (Å²) in [6, 6.07) is 10.3. The smallest absolute Gasteiger partial charge is 0.0991 e. The fourth-order valence-electron chi connectivity index (χ4n) is 2.53. The van der Waals surface area contributed by atoms with Crippen molar-refractivity contribution in [3.8, 4) is 6.07 Å². The Balaban J connectivity index is 2.02. The number of nitrogens with zero attached hydrogens (tertiary/aromatic N) is 1. The normalized spacial score (nSPS) is 18.9. The van der Waals surface area contributed by atoms with Gasteiger partial charge in [-0.05, 0) is 37.0 Å². The number of benzene rings is 1. The van der Waals surface area contributed by atoms with Gasteiger partial charge in [0.05, 0.1) is 11.3 Å². The SMILES string of the molecule is N#CC(Sc1cccc(Cl)c1)C1CCCCCC1. The molecule has 18 heavy (non-hydrogen) atoms. The van der Waals surface area contributed by atoms with E-state index in [0.29, 0.717) is 5.92 Å². The molecule has 1 saturated carbocycles. The number of rotatable bonds is 3. The van der Waals surface area contributed by atoms with E-state index in [9.17, 15) is 5.26 Å². The molecule has 1 aromatic rings. The van der Waals surface area contributed by atoms with Gasteiger partial charge in [0.25, 0.3) is 0 Å². The summed E-state index contributed by atoms with van der Waals surface area (Å²) in [5.74, 6) is 0.543. The lowest BCUT2D eigenvalue weighted by molar-refractivity contribution is 0.479. The molecule has 1 nitrogen and oxygen atoms in total. The first-order valence-electron chi connectivity index (χ1n) is 6.61. The predicted octanol–water partition coefficient (Wildman–Crippen LogP) is 5.29. The lowest BCUT2D eigenvalue weighted by Crippen LogP contribution is -2.14. The molecule has 2 rings (SSSR count). The molecule has 0 bridgehead atoms. The molecule has 1 atom stereocenters. The molecule has 96 valence electrons. The Labute approximate surface area is 119 Å². The first-order valence-corrected chi connectivity index (χ1v) is 7.87. The van der Waals surface area contributed by atoms with E-state index in [4.69, 9.17) is 11.6 Å². The molecule has 0 N–H and O–H groups in total. The molecule has 0 spiro atoms. The van der Waals surface area contributed by atoms with Gasteiger partial charge in [-0.25, -0.2) is 0 Å². The summed E-state index contributed by atoms with van der Waals surface area (Å²) in [6.07, 6.45) is 7.61. The summed E-state index contributed by atoms with van der Waals surface area (Å²) < 4.78 is 0. The van der Waals surface area contributed by atoms with Crippen molar-refractivity contribution in [2.45, 2.75) is 48.7 Å². The molecule has 0 saturated heterocycles. The second kappa shape index (κ2) is 7.07. The molecule has 1 aliphatic rings. The standard InChI is InChI=1S/C15H18ClNS/c16-13-8-5-9-14(10-13)18-15(11-17)12-6-3-1-2-4-7-12/h5,8-10,12,15H,1-4,6-7H2. The fraction of sp³-hybridized carbons (Fsp3) is 0.533. The van der Waals surface area contributed by atoms with Crippen LogP contribution in [0.15, 0.2) is 29.2 Å². The van der Waals surface area contributed by atoms with Crippen LogP contribution in [-0.2, 0) is 0 Å². The van der Waals surface area contributed by atoms with Crippen LogP contribution >= 0.6 is 23.4 Å². The molecule has 0 radical (unpaired) electrons. The van der Waals surface area contributed by atoms with E-state index in [1.165, 1.54) is 38.5 Å². The first-order chi connectivity index (χ1) is 8.79. The van der Waals surface area contributed by atoms with Crippen molar-refractivity contribution < 1.29 is 0 Å². The van der Waals surface area contributed by atoms with Crippen LogP contribution in [0.4, 0.5) is 0 Å². The van der Waals surface area contributed by atoms with Crippen molar-refractivity contribution in [3.63, 3.8) is 0 Å². The average molecular weight is 280 g/mol. The highest BCUT2D eigenvalue weighted by Crippen LogP contribution is 2.35. The van der Waals surface area contributed by atoms with Crippen molar-refractivity contribution in [2.24, 2.45) is 5.92 Å². The molecule has 0 heterocycles. The second-order valence-electron chi connectivity index (χ2n) is 4.88. The summed E-state index contributed by atoms with van der Waals surface area (Å²) in [5, 5.41) is 10.2. The molecular weight excluding hydrogens is 262 g/mol. The maximum atomic E-state index is 9.40. The molecule has 1 aromatic carbocycles. The van der Waals surface area contributed by atoms with Crippen molar-refractivity contribution in [1.82, 2.24) is 0 Å². The van der Waals surface area contributed by atoms with Gasteiger partial charge in [-0.15, -0.1) is 11.8 Å². The maximum Gasteiger partial charge on any atom is 0.0991 e. The summed E-state index contributed by atoms with van der Waals surface area (Å²) in [6.45, 7) is 0. The number of nitriles is 1. The molecule has 1 fully saturated rings. The molecule has 0 aliphatic heterocycles. The highest BCUT2D eigenvalue weighted by Gasteiger charge is 2.23. The third-order valence-corrected chi connectivity index (χ3v) is 5.02. The first kappa shape index (κ1) is 13.8. The van der Waals surface area contributed by atoms with Crippen LogP contribution in [0.25, 0.3) is 0 Å². The minimum atomic E-state index is 0.0709. The highest BCUT2D eigenvalue weighted by atomic mass is 35.5. The van der Waals surface area contributed by atoms with E-state index in [2.05, 4.69) is 6.07 Å². The van der Waals surface area contributed by atoms with Crippen LogP contribution in [-0.4, -0.2) is 5.25 Å². The zero-order valence-corrected chi connectivity index (χ0v) is 12.0.